The van der Waals surface area contributed by atoms with Crippen LogP contribution in [0.1, 0.15) is 39.7 Å². The number of benzene rings is 1. The Kier molecular flexibility index (Phi) is 4.94. The summed E-state index contributed by atoms with van der Waals surface area (Å²) in [7, 11) is 0. The van der Waals surface area contributed by atoms with Crippen LogP contribution in [0.3, 0.4) is 0 Å². The minimum Gasteiger partial charge on any atom is -0.493 e. The Morgan fingerprint density at radius 3 is 2.59 bits per heavy atom. The van der Waals surface area contributed by atoms with E-state index in [0.717, 1.165) is 17.7 Å². The van der Waals surface area contributed by atoms with Gasteiger partial charge >= 0.3 is 0 Å². The molecule has 0 aromatic heterocycles. The van der Waals surface area contributed by atoms with E-state index in [9.17, 15) is 4.39 Å². The first-order valence-corrected chi connectivity index (χ1v) is 6.08. The van der Waals surface area contributed by atoms with Crippen molar-refractivity contribution in [3.63, 3.8) is 0 Å². The van der Waals surface area contributed by atoms with Crippen LogP contribution < -0.4 is 10.1 Å². The smallest absolute Gasteiger partial charge is 0.123 e. The Morgan fingerprint density at radius 1 is 1.29 bits per heavy atom. The fourth-order valence-electron chi connectivity index (χ4n) is 1.40. The monoisotopic (exact) mass is 239 g/mol. The highest BCUT2D eigenvalue weighted by molar-refractivity contribution is 5.34. The molecule has 1 N–H and O–H groups in total. The van der Waals surface area contributed by atoms with E-state index in [-0.39, 0.29) is 11.4 Å². The normalized spacial score (nSPS) is 11.6. The minimum atomic E-state index is -0.223. The summed E-state index contributed by atoms with van der Waals surface area (Å²) < 4.78 is 18.8. The van der Waals surface area contributed by atoms with Gasteiger partial charge in [-0.05, 0) is 45.4 Å². The molecule has 0 heterocycles. The highest BCUT2D eigenvalue weighted by atomic mass is 19.1. The summed E-state index contributed by atoms with van der Waals surface area (Å²) in [5.74, 6) is 0.546. The molecule has 3 heteroatoms. The Balaban J connectivity index is 2.76. The Morgan fingerprint density at radius 2 is 2.00 bits per heavy atom. The summed E-state index contributed by atoms with van der Waals surface area (Å²) >= 11 is 0. The van der Waals surface area contributed by atoms with Gasteiger partial charge in [-0.3, -0.25) is 0 Å². The van der Waals surface area contributed by atoms with Gasteiger partial charge in [-0.1, -0.05) is 6.92 Å². The van der Waals surface area contributed by atoms with E-state index < -0.39 is 0 Å². The van der Waals surface area contributed by atoms with Crippen molar-refractivity contribution in [1.82, 2.24) is 5.32 Å². The average molecular weight is 239 g/mol. The van der Waals surface area contributed by atoms with Gasteiger partial charge in [0.25, 0.3) is 0 Å². The van der Waals surface area contributed by atoms with Crippen LogP contribution in [-0.4, -0.2) is 12.1 Å². The maximum Gasteiger partial charge on any atom is 0.123 e. The van der Waals surface area contributed by atoms with Crippen LogP contribution in [0.5, 0.6) is 5.75 Å². The van der Waals surface area contributed by atoms with Crippen LogP contribution in [0.4, 0.5) is 4.39 Å². The predicted octanol–water partition coefficient (Wildman–Crippen LogP) is 3.50. The molecule has 1 rings (SSSR count). The summed E-state index contributed by atoms with van der Waals surface area (Å²) in [6.45, 7) is 9.57. The van der Waals surface area contributed by atoms with Crippen molar-refractivity contribution >= 4 is 0 Å². The third kappa shape index (κ3) is 5.18. The lowest BCUT2D eigenvalue weighted by Crippen LogP contribution is -2.35. The summed E-state index contributed by atoms with van der Waals surface area (Å²) in [5, 5.41) is 3.34. The van der Waals surface area contributed by atoms with Gasteiger partial charge in [0.1, 0.15) is 11.6 Å². The molecule has 96 valence electrons. The maximum absolute atomic E-state index is 13.2. The molecule has 0 unspecified atom stereocenters. The first-order valence-electron chi connectivity index (χ1n) is 6.08. The first kappa shape index (κ1) is 14.0. The number of rotatable bonds is 5. The van der Waals surface area contributed by atoms with E-state index in [2.05, 4.69) is 33.0 Å². The summed E-state index contributed by atoms with van der Waals surface area (Å²) in [5.41, 5.74) is 0.877. The maximum atomic E-state index is 13.2. The largest absolute Gasteiger partial charge is 0.493 e. The van der Waals surface area contributed by atoms with Gasteiger partial charge in [-0.2, -0.15) is 0 Å². The first-order chi connectivity index (χ1) is 7.92. The zero-order chi connectivity index (χ0) is 12.9. The van der Waals surface area contributed by atoms with Gasteiger partial charge in [0.2, 0.25) is 0 Å². The van der Waals surface area contributed by atoms with E-state index in [1.54, 1.807) is 6.07 Å². The Bertz CT molecular complexity index is 358. The van der Waals surface area contributed by atoms with Crippen molar-refractivity contribution in [3.05, 3.63) is 29.6 Å². The molecule has 0 aliphatic heterocycles. The molecule has 0 aliphatic carbocycles. The summed E-state index contributed by atoms with van der Waals surface area (Å²) in [6.07, 6.45) is 0.948. The molecule has 0 amide bonds. The zero-order valence-electron chi connectivity index (χ0n) is 11.1. The molecule has 0 spiro atoms. The fraction of sp³-hybridized carbons (Fsp3) is 0.571. The second kappa shape index (κ2) is 6.01. The molecule has 0 aliphatic rings. The third-order valence-electron chi connectivity index (χ3n) is 2.29. The van der Waals surface area contributed by atoms with Crippen LogP contribution in [0.2, 0.25) is 0 Å². The molecular formula is C14H22FNO. The molecular weight excluding hydrogens is 217 g/mol. The minimum absolute atomic E-state index is 0.00828. The second-order valence-electron chi connectivity index (χ2n) is 5.20. The third-order valence-corrected chi connectivity index (χ3v) is 2.29. The molecule has 0 saturated heterocycles. The lowest BCUT2D eigenvalue weighted by molar-refractivity contribution is 0.310. The Hall–Kier alpha value is -1.09. The summed E-state index contributed by atoms with van der Waals surface area (Å²) in [4.78, 5) is 0. The molecule has 1 aromatic carbocycles. The lowest BCUT2D eigenvalue weighted by Gasteiger charge is -2.21. The van der Waals surface area contributed by atoms with Crippen molar-refractivity contribution in [2.75, 3.05) is 6.61 Å². The van der Waals surface area contributed by atoms with Crippen molar-refractivity contribution in [2.24, 2.45) is 0 Å². The molecule has 17 heavy (non-hydrogen) atoms. The standard InChI is InChI=1S/C14H22FNO/c1-5-8-17-13-7-6-12(15)9-11(13)10-16-14(2,3)4/h6-7,9,16H,5,8,10H2,1-4H3. The summed E-state index contributed by atoms with van der Waals surface area (Å²) in [6, 6.07) is 4.67. The highest BCUT2D eigenvalue weighted by Crippen LogP contribution is 2.20. The van der Waals surface area contributed by atoms with Crippen LogP contribution >= 0.6 is 0 Å². The zero-order valence-corrected chi connectivity index (χ0v) is 11.1. The quantitative estimate of drug-likeness (QED) is 0.849. The number of nitrogens with one attached hydrogen (secondary N) is 1. The molecule has 0 radical (unpaired) electrons. The molecule has 0 atom stereocenters. The highest BCUT2D eigenvalue weighted by Gasteiger charge is 2.11. The Labute approximate surface area is 103 Å². The topological polar surface area (TPSA) is 21.3 Å². The molecule has 0 fully saturated rings. The van der Waals surface area contributed by atoms with Gasteiger partial charge in [-0.15, -0.1) is 0 Å². The van der Waals surface area contributed by atoms with E-state index in [1.807, 2.05) is 0 Å². The number of hydrogen-bond donors (Lipinski definition) is 1. The second-order valence-corrected chi connectivity index (χ2v) is 5.20. The van der Waals surface area contributed by atoms with Gasteiger partial charge in [0.15, 0.2) is 0 Å². The average Bonchev–Trinajstić information content (AvgIpc) is 2.24. The molecule has 0 bridgehead atoms. The van der Waals surface area contributed by atoms with Gasteiger partial charge < -0.3 is 10.1 Å². The van der Waals surface area contributed by atoms with E-state index >= 15 is 0 Å². The molecule has 1 aromatic rings. The fourth-order valence-corrected chi connectivity index (χ4v) is 1.40. The van der Waals surface area contributed by atoms with Gasteiger partial charge in [0, 0.05) is 17.6 Å². The van der Waals surface area contributed by atoms with Crippen LogP contribution in [0.15, 0.2) is 18.2 Å². The molecule has 2 nitrogen and oxygen atoms in total. The van der Waals surface area contributed by atoms with Crippen LogP contribution in [-0.2, 0) is 6.54 Å². The van der Waals surface area contributed by atoms with Crippen molar-refractivity contribution in [2.45, 2.75) is 46.2 Å². The lowest BCUT2D eigenvalue weighted by atomic mass is 10.1. The van der Waals surface area contributed by atoms with E-state index in [0.29, 0.717) is 13.2 Å². The predicted molar refractivity (Wildman–Crippen MR) is 68.8 cm³/mol. The van der Waals surface area contributed by atoms with Crippen molar-refractivity contribution in [1.29, 1.82) is 0 Å². The SMILES string of the molecule is CCCOc1ccc(F)cc1CNC(C)(C)C. The van der Waals surface area contributed by atoms with Gasteiger partial charge in [-0.25, -0.2) is 4.39 Å². The van der Waals surface area contributed by atoms with Crippen LogP contribution in [0.25, 0.3) is 0 Å². The van der Waals surface area contributed by atoms with Crippen molar-refractivity contribution < 1.29 is 9.13 Å². The van der Waals surface area contributed by atoms with E-state index in [4.69, 9.17) is 4.74 Å². The van der Waals surface area contributed by atoms with Crippen LogP contribution in [0, 0.1) is 5.82 Å². The van der Waals surface area contributed by atoms with E-state index in [1.165, 1.54) is 12.1 Å². The number of ether oxygens (including phenoxy) is 1. The van der Waals surface area contributed by atoms with Gasteiger partial charge in [0.05, 0.1) is 6.61 Å². The number of halogens is 1. The molecule has 0 saturated carbocycles. The number of hydrogen-bond acceptors (Lipinski definition) is 2. The van der Waals surface area contributed by atoms with Crippen molar-refractivity contribution in [3.8, 4) is 5.75 Å².